The lowest BCUT2D eigenvalue weighted by atomic mass is 9.98. The first-order chi connectivity index (χ1) is 22.0. The summed E-state index contributed by atoms with van der Waals surface area (Å²) in [6.07, 6.45) is -7.42. The summed E-state index contributed by atoms with van der Waals surface area (Å²) in [7, 11) is 2.31. The van der Waals surface area contributed by atoms with Crippen molar-refractivity contribution in [3.63, 3.8) is 0 Å². The molecule has 47 heavy (non-hydrogen) atoms. The molecule has 12 nitrogen and oxygen atoms in total. The van der Waals surface area contributed by atoms with Gasteiger partial charge >= 0.3 is 18.4 Å². The van der Waals surface area contributed by atoms with E-state index >= 15 is 0 Å². The molecule has 5 N–H and O–H groups in total. The van der Waals surface area contributed by atoms with Gasteiger partial charge in [-0.25, -0.2) is 14.6 Å². The predicted molar refractivity (Wildman–Crippen MR) is 166 cm³/mol. The molecule has 0 bridgehead atoms. The fraction of sp³-hybridized carbons (Fsp3) is 0.500. The largest absolute Gasteiger partial charge is 0.453 e. The SMILES string of the molecule is COC(=O)N[C@H](C(=O)N[C@@H](Cc1ccccc1)C(O)CN(Cc1ccc(C(F)(F)F)cc1)NC(=O)[C@@H](NC(=O)OC)C(C)C)C(C)C. The van der Waals surface area contributed by atoms with Crippen molar-refractivity contribution in [3.05, 3.63) is 71.3 Å². The van der Waals surface area contributed by atoms with E-state index in [4.69, 9.17) is 0 Å². The van der Waals surface area contributed by atoms with Gasteiger partial charge in [-0.2, -0.15) is 13.2 Å². The maximum absolute atomic E-state index is 13.4. The number of rotatable bonds is 15. The number of aliphatic hydroxyl groups is 1. The van der Waals surface area contributed by atoms with Crippen LogP contribution in [0, 0.1) is 11.8 Å². The molecule has 0 aliphatic heterocycles. The molecule has 0 aliphatic rings. The van der Waals surface area contributed by atoms with Gasteiger partial charge in [0.15, 0.2) is 0 Å². The molecule has 2 rings (SSSR count). The highest BCUT2D eigenvalue weighted by Crippen LogP contribution is 2.29. The van der Waals surface area contributed by atoms with Gasteiger partial charge < -0.3 is 30.5 Å². The number of ether oxygens (including phenoxy) is 2. The zero-order chi connectivity index (χ0) is 35.3. The zero-order valence-electron chi connectivity index (χ0n) is 27.3. The Balaban J connectivity index is 2.42. The van der Waals surface area contributed by atoms with Gasteiger partial charge in [0.2, 0.25) is 5.91 Å². The third-order valence-corrected chi connectivity index (χ3v) is 7.24. The van der Waals surface area contributed by atoms with Crippen molar-refractivity contribution in [2.45, 2.75) is 71.1 Å². The Morgan fingerprint density at radius 3 is 1.74 bits per heavy atom. The topological polar surface area (TPSA) is 158 Å². The summed E-state index contributed by atoms with van der Waals surface area (Å²) < 4.78 is 48.8. The lowest BCUT2D eigenvalue weighted by Gasteiger charge is -2.33. The van der Waals surface area contributed by atoms with Gasteiger partial charge in [0.05, 0.1) is 31.9 Å². The lowest BCUT2D eigenvalue weighted by molar-refractivity contribution is -0.137. The number of hydrogen-bond acceptors (Lipinski definition) is 8. The van der Waals surface area contributed by atoms with Crippen LogP contribution in [0.15, 0.2) is 54.6 Å². The van der Waals surface area contributed by atoms with Crippen LogP contribution in [0.5, 0.6) is 0 Å². The van der Waals surface area contributed by atoms with E-state index in [1.165, 1.54) is 17.1 Å². The molecule has 4 atom stereocenters. The highest BCUT2D eigenvalue weighted by atomic mass is 19.4. The van der Waals surface area contributed by atoms with Crippen molar-refractivity contribution in [2.24, 2.45) is 11.8 Å². The number of halogens is 3. The van der Waals surface area contributed by atoms with Crippen LogP contribution in [0.3, 0.4) is 0 Å². The number of carbonyl (C=O) groups excluding carboxylic acids is 4. The van der Waals surface area contributed by atoms with Gasteiger partial charge in [0.1, 0.15) is 12.1 Å². The maximum atomic E-state index is 13.4. The van der Waals surface area contributed by atoms with E-state index in [0.29, 0.717) is 5.56 Å². The molecule has 0 radical (unpaired) electrons. The normalized spacial score (nSPS) is 14.1. The van der Waals surface area contributed by atoms with Gasteiger partial charge in [-0.1, -0.05) is 70.2 Å². The Hall–Kier alpha value is -4.37. The van der Waals surface area contributed by atoms with Crippen molar-refractivity contribution in [3.8, 4) is 0 Å². The van der Waals surface area contributed by atoms with Gasteiger partial charge in [-0.15, -0.1) is 0 Å². The van der Waals surface area contributed by atoms with E-state index in [1.807, 2.05) is 0 Å². The van der Waals surface area contributed by atoms with Crippen LogP contribution in [0.25, 0.3) is 0 Å². The number of hydrazine groups is 1. The van der Waals surface area contributed by atoms with Crippen LogP contribution < -0.4 is 21.4 Å². The van der Waals surface area contributed by atoms with Crippen molar-refractivity contribution < 1.29 is 46.9 Å². The molecular formula is C32H44F3N5O7. The summed E-state index contributed by atoms with van der Waals surface area (Å²) in [5.41, 5.74) is 2.93. The first-order valence-corrected chi connectivity index (χ1v) is 15.0. The van der Waals surface area contributed by atoms with Crippen LogP contribution in [-0.4, -0.2) is 79.1 Å². The Labute approximate surface area is 272 Å². The number of aliphatic hydroxyl groups excluding tert-OH is 1. The second-order valence-electron chi connectivity index (χ2n) is 11.6. The summed E-state index contributed by atoms with van der Waals surface area (Å²) in [6, 6.07) is 10.2. The minimum Gasteiger partial charge on any atom is -0.453 e. The van der Waals surface area contributed by atoms with Crippen LogP contribution in [0.1, 0.15) is 44.4 Å². The molecule has 0 aromatic heterocycles. The number of nitrogens with zero attached hydrogens (tertiary/aromatic N) is 1. The summed E-state index contributed by atoms with van der Waals surface area (Å²) in [5.74, 6) is -2.01. The highest BCUT2D eigenvalue weighted by molar-refractivity contribution is 5.86. The standard InChI is InChI=1S/C32H44F3N5O7/c1-19(2)26(37-30(44)46-5)28(42)36-24(16-21-10-8-7-9-11-21)25(41)18-40(17-22-12-14-23(15-13-22)32(33,34)35)39-29(43)27(20(3)4)38-31(45)47-6/h7-15,19-20,24-27,41H,16-18H2,1-6H3,(H,36,42)(H,37,44)(H,38,45)(H,39,43)/t24-,25?,26-,27-/m0/s1. The van der Waals surface area contributed by atoms with E-state index in [1.54, 1.807) is 58.0 Å². The van der Waals surface area contributed by atoms with E-state index in [-0.39, 0.29) is 25.4 Å². The van der Waals surface area contributed by atoms with Gasteiger partial charge in [0.25, 0.3) is 5.91 Å². The summed E-state index contributed by atoms with van der Waals surface area (Å²) in [4.78, 5) is 50.6. The van der Waals surface area contributed by atoms with Crippen LogP contribution >= 0.6 is 0 Å². The maximum Gasteiger partial charge on any atom is 0.416 e. The number of benzene rings is 2. The third kappa shape index (κ3) is 12.7. The van der Waals surface area contributed by atoms with E-state index in [9.17, 15) is 37.5 Å². The van der Waals surface area contributed by atoms with Crippen LogP contribution in [-0.2, 0) is 38.2 Å². The van der Waals surface area contributed by atoms with E-state index in [2.05, 4.69) is 30.8 Å². The fourth-order valence-electron chi connectivity index (χ4n) is 4.61. The molecule has 260 valence electrons. The molecule has 0 heterocycles. The molecule has 0 fully saturated rings. The fourth-order valence-corrected chi connectivity index (χ4v) is 4.61. The summed E-state index contributed by atoms with van der Waals surface area (Å²) >= 11 is 0. The van der Waals surface area contributed by atoms with Gasteiger partial charge in [-0.05, 0) is 41.5 Å². The number of alkyl carbamates (subject to hydrolysis) is 2. The van der Waals surface area contributed by atoms with Crippen molar-refractivity contribution in [1.82, 2.24) is 26.4 Å². The Morgan fingerprint density at radius 1 is 0.766 bits per heavy atom. The number of nitrogens with one attached hydrogen (secondary N) is 4. The molecule has 15 heteroatoms. The minimum atomic E-state index is -4.55. The third-order valence-electron chi connectivity index (χ3n) is 7.24. The van der Waals surface area contributed by atoms with E-state index in [0.717, 1.165) is 31.9 Å². The lowest BCUT2D eigenvalue weighted by Crippen LogP contribution is -2.59. The number of alkyl halides is 3. The smallest absolute Gasteiger partial charge is 0.416 e. The predicted octanol–water partition coefficient (Wildman–Crippen LogP) is 3.39. The van der Waals surface area contributed by atoms with Crippen LogP contribution in [0.2, 0.25) is 0 Å². The summed E-state index contributed by atoms with van der Waals surface area (Å²) in [6.45, 7) is 6.37. The van der Waals surface area contributed by atoms with Crippen LogP contribution in [0.4, 0.5) is 22.8 Å². The molecule has 1 unspecified atom stereocenters. The quantitative estimate of drug-likeness (QED) is 0.181. The first-order valence-electron chi connectivity index (χ1n) is 15.0. The second kappa shape index (κ2) is 18.1. The Kier molecular flexibility index (Phi) is 14.9. The van der Waals surface area contributed by atoms with E-state index < -0.39 is 65.9 Å². The molecule has 0 saturated carbocycles. The molecule has 4 amide bonds. The van der Waals surface area contributed by atoms with Crippen molar-refractivity contribution >= 4 is 24.0 Å². The number of methoxy groups -OCH3 is 2. The monoisotopic (exact) mass is 667 g/mol. The summed E-state index contributed by atoms with van der Waals surface area (Å²) in [5, 5.41) is 20.6. The second-order valence-corrected chi connectivity index (χ2v) is 11.6. The van der Waals surface area contributed by atoms with Crippen molar-refractivity contribution in [1.29, 1.82) is 0 Å². The van der Waals surface area contributed by atoms with Crippen molar-refractivity contribution in [2.75, 3.05) is 20.8 Å². The molecule has 2 aromatic carbocycles. The zero-order valence-corrected chi connectivity index (χ0v) is 27.3. The number of hydrogen-bond donors (Lipinski definition) is 5. The Bertz CT molecular complexity index is 1310. The van der Waals surface area contributed by atoms with Gasteiger partial charge in [0, 0.05) is 13.1 Å². The highest BCUT2D eigenvalue weighted by Gasteiger charge is 2.33. The molecule has 0 spiro atoms. The first kappa shape index (κ1) is 38.8. The number of carbonyl (C=O) groups is 4. The average Bonchev–Trinajstić information content (AvgIpc) is 3.01. The van der Waals surface area contributed by atoms with Gasteiger partial charge in [-0.3, -0.25) is 15.0 Å². The molecule has 0 aliphatic carbocycles. The Morgan fingerprint density at radius 2 is 1.28 bits per heavy atom. The average molecular weight is 668 g/mol. The molecule has 2 aromatic rings. The number of amides is 4. The minimum absolute atomic E-state index is 0.144. The molecule has 0 saturated heterocycles. The molecular weight excluding hydrogens is 623 g/mol.